The SMILES string of the molecule is [O-][S+]1CCNC(=S)C1. The highest BCUT2D eigenvalue weighted by Gasteiger charge is 2.14. The minimum atomic E-state index is -0.674. The predicted molar refractivity (Wildman–Crippen MR) is 38.5 cm³/mol. The molecule has 1 rings (SSSR count). The van der Waals surface area contributed by atoms with Crippen LogP contribution < -0.4 is 5.32 Å². The van der Waals surface area contributed by atoms with Gasteiger partial charge in [-0.1, -0.05) is 12.2 Å². The molecule has 46 valence electrons. The van der Waals surface area contributed by atoms with E-state index in [4.69, 9.17) is 12.2 Å². The fourth-order valence-corrected chi connectivity index (χ4v) is 1.94. The van der Waals surface area contributed by atoms with Crippen LogP contribution in [0.4, 0.5) is 0 Å². The Labute approximate surface area is 56.8 Å². The number of thiocarbonyl (C=S) groups is 1. The highest BCUT2D eigenvalue weighted by atomic mass is 32.2. The number of rotatable bonds is 0. The van der Waals surface area contributed by atoms with Crippen LogP contribution in [0.1, 0.15) is 0 Å². The van der Waals surface area contributed by atoms with E-state index in [2.05, 4.69) is 5.32 Å². The molecule has 1 fully saturated rings. The van der Waals surface area contributed by atoms with E-state index in [1.807, 2.05) is 0 Å². The van der Waals surface area contributed by atoms with Crippen molar-refractivity contribution in [3.05, 3.63) is 0 Å². The topological polar surface area (TPSA) is 35.1 Å². The molecule has 1 saturated heterocycles. The van der Waals surface area contributed by atoms with Gasteiger partial charge < -0.3 is 9.87 Å². The van der Waals surface area contributed by atoms with Gasteiger partial charge in [-0.25, -0.2) is 0 Å². The first-order valence-corrected chi connectivity index (χ1v) is 4.30. The molecule has 1 heterocycles. The van der Waals surface area contributed by atoms with Crippen LogP contribution in [0.5, 0.6) is 0 Å². The normalized spacial score (nSPS) is 29.6. The summed E-state index contributed by atoms with van der Waals surface area (Å²) in [4.78, 5) is 0.745. The van der Waals surface area contributed by atoms with Crippen LogP contribution in [0.2, 0.25) is 0 Å². The van der Waals surface area contributed by atoms with E-state index >= 15 is 0 Å². The molecule has 8 heavy (non-hydrogen) atoms. The van der Waals surface area contributed by atoms with Gasteiger partial charge in [0.25, 0.3) is 0 Å². The van der Waals surface area contributed by atoms with Crippen molar-refractivity contribution in [2.45, 2.75) is 0 Å². The molecule has 0 saturated carbocycles. The van der Waals surface area contributed by atoms with Crippen molar-refractivity contribution in [1.29, 1.82) is 0 Å². The molecule has 1 N–H and O–H groups in total. The van der Waals surface area contributed by atoms with Gasteiger partial charge in [0.15, 0.2) is 5.75 Å². The van der Waals surface area contributed by atoms with E-state index in [0.717, 1.165) is 17.3 Å². The van der Waals surface area contributed by atoms with Crippen molar-refractivity contribution in [2.24, 2.45) is 0 Å². The quantitative estimate of drug-likeness (QED) is 0.378. The zero-order chi connectivity index (χ0) is 5.98. The number of nitrogens with one attached hydrogen (secondary N) is 1. The van der Waals surface area contributed by atoms with Crippen molar-refractivity contribution < 1.29 is 4.55 Å². The van der Waals surface area contributed by atoms with Gasteiger partial charge >= 0.3 is 0 Å². The fraction of sp³-hybridized carbons (Fsp3) is 0.750. The van der Waals surface area contributed by atoms with E-state index in [0.29, 0.717) is 5.75 Å². The molecule has 0 radical (unpaired) electrons. The molecule has 0 aliphatic carbocycles. The lowest BCUT2D eigenvalue weighted by Crippen LogP contribution is -2.39. The molecule has 0 aromatic carbocycles. The van der Waals surface area contributed by atoms with Gasteiger partial charge in [0, 0.05) is 0 Å². The molecule has 0 amide bonds. The molecule has 1 aliphatic heterocycles. The summed E-state index contributed by atoms with van der Waals surface area (Å²) in [5.74, 6) is 1.31. The average molecular weight is 149 g/mol. The van der Waals surface area contributed by atoms with Gasteiger partial charge in [0.05, 0.1) is 6.54 Å². The van der Waals surface area contributed by atoms with Crippen LogP contribution in [-0.4, -0.2) is 27.6 Å². The van der Waals surface area contributed by atoms with Crippen molar-refractivity contribution in [3.8, 4) is 0 Å². The molecule has 2 nitrogen and oxygen atoms in total. The van der Waals surface area contributed by atoms with Gasteiger partial charge in [-0.3, -0.25) is 0 Å². The minimum absolute atomic E-state index is 0.565. The Balaban J connectivity index is 2.34. The molecule has 0 spiro atoms. The van der Waals surface area contributed by atoms with Crippen molar-refractivity contribution in [1.82, 2.24) is 5.32 Å². The Hall–Kier alpha value is 0.200. The zero-order valence-corrected chi connectivity index (χ0v) is 5.98. The summed E-state index contributed by atoms with van der Waals surface area (Å²) >= 11 is 4.10. The summed E-state index contributed by atoms with van der Waals surface area (Å²) in [6.07, 6.45) is 0. The zero-order valence-electron chi connectivity index (χ0n) is 4.35. The molecular formula is C4H7NOS2. The minimum Gasteiger partial charge on any atom is -0.616 e. The maximum Gasteiger partial charge on any atom is 0.155 e. The molecule has 1 atom stereocenters. The van der Waals surface area contributed by atoms with Crippen LogP contribution in [-0.2, 0) is 11.2 Å². The van der Waals surface area contributed by atoms with E-state index in [9.17, 15) is 4.55 Å². The molecule has 0 aromatic rings. The summed E-state index contributed by atoms with van der Waals surface area (Å²) in [5.41, 5.74) is 0. The predicted octanol–water partition coefficient (Wildman–Crippen LogP) is -0.334. The van der Waals surface area contributed by atoms with E-state index < -0.39 is 11.2 Å². The standard InChI is InChI=1S/C4H7NOS2/c6-8-2-1-5-4(7)3-8/h1-3H2,(H,5,7). The van der Waals surface area contributed by atoms with Crippen LogP contribution in [0.3, 0.4) is 0 Å². The third-order valence-corrected chi connectivity index (χ3v) is 2.69. The van der Waals surface area contributed by atoms with Gasteiger partial charge in [0.2, 0.25) is 0 Å². The highest BCUT2D eigenvalue weighted by molar-refractivity contribution is 7.94. The Morgan fingerprint density at radius 3 is 2.88 bits per heavy atom. The Kier molecular flexibility index (Phi) is 2.10. The summed E-state index contributed by atoms with van der Waals surface area (Å²) in [7, 11) is 0. The van der Waals surface area contributed by atoms with E-state index in [-0.39, 0.29) is 0 Å². The van der Waals surface area contributed by atoms with E-state index in [1.165, 1.54) is 0 Å². The second-order valence-electron chi connectivity index (χ2n) is 1.64. The third kappa shape index (κ3) is 1.61. The summed E-state index contributed by atoms with van der Waals surface area (Å²) in [6.45, 7) is 0.783. The summed E-state index contributed by atoms with van der Waals surface area (Å²) in [6, 6.07) is 0. The van der Waals surface area contributed by atoms with Gasteiger partial charge in [0.1, 0.15) is 10.7 Å². The van der Waals surface area contributed by atoms with Crippen molar-refractivity contribution in [3.63, 3.8) is 0 Å². The van der Waals surface area contributed by atoms with Crippen LogP contribution in [0.15, 0.2) is 0 Å². The second-order valence-corrected chi connectivity index (χ2v) is 3.71. The monoisotopic (exact) mass is 149 g/mol. The maximum absolute atomic E-state index is 10.7. The summed E-state index contributed by atoms with van der Waals surface area (Å²) < 4.78 is 10.7. The molecule has 1 aliphatic rings. The number of hydrogen-bond acceptors (Lipinski definition) is 2. The lowest BCUT2D eigenvalue weighted by atomic mass is 10.6. The second kappa shape index (κ2) is 2.66. The number of hydrogen-bond donors (Lipinski definition) is 1. The first-order chi connectivity index (χ1) is 3.79. The lowest BCUT2D eigenvalue weighted by Gasteiger charge is -2.17. The molecule has 0 bridgehead atoms. The first-order valence-electron chi connectivity index (χ1n) is 2.41. The summed E-state index contributed by atoms with van der Waals surface area (Å²) in [5, 5.41) is 2.95. The Bertz CT molecular complexity index is 106. The van der Waals surface area contributed by atoms with Crippen molar-refractivity contribution >= 4 is 28.4 Å². The molecule has 0 aromatic heterocycles. The first kappa shape index (κ1) is 6.32. The smallest absolute Gasteiger partial charge is 0.155 e. The Morgan fingerprint density at radius 2 is 2.50 bits per heavy atom. The Morgan fingerprint density at radius 1 is 1.75 bits per heavy atom. The third-order valence-electron chi connectivity index (χ3n) is 0.944. The molecule has 4 heteroatoms. The fourth-order valence-electron chi connectivity index (χ4n) is 0.574. The highest BCUT2D eigenvalue weighted by Crippen LogP contribution is 1.95. The molecule has 1 unspecified atom stereocenters. The van der Waals surface area contributed by atoms with Gasteiger partial charge in [-0.15, -0.1) is 0 Å². The van der Waals surface area contributed by atoms with Crippen molar-refractivity contribution in [2.75, 3.05) is 18.1 Å². The van der Waals surface area contributed by atoms with E-state index in [1.54, 1.807) is 0 Å². The molecular weight excluding hydrogens is 142 g/mol. The largest absolute Gasteiger partial charge is 0.616 e. The van der Waals surface area contributed by atoms with Gasteiger partial charge in [-0.05, 0) is 11.2 Å². The lowest BCUT2D eigenvalue weighted by molar-refractivity contribution is 0.594. The van der Waals surface area contributed by atoms with Crippen LogP contribution in [0, 0.1) is 0 Å². The maximum atomic E-state index is 10.7. The van der Waals surface area contributed by atoms with Crippen LogP contribution in [0.25, 0.3) is 0 Å². The van der Waals surface area contributed by atoms with Crippen LogP contribution >= 0.6 is 12.2 Å². The van der Waals surface area contributed by atoms with Gasteiger partial charge in [-0.2, -0.15) is 0 Å². The average Bonchev–Trinajstić information content (AvgIpc) is 1.64.